The van der Waals surface area contributed by atoms with Gasteiger partial charge in [-0.3, -0.25) is 4.57 Å². The second kappa shape index (κ2) is 4.86. The summed E-state index contributed by atoms with van der Waals surface area (Å²) in [7, 11) is 1.63. The van der Waals surface area contributed by atoms with Crippen molar-refractivity contribution in [1.29, 1.82) is 0 Å². The lowest BCUT2D eigenvalue weighted by Gasteiger charge is -2.14. The van der Waals surface area contributed by atoms with Crippen LogP contribution in [0.4, 0.5) is 4.39 Å². The first kappa shape index (κ1) is 13.6. The van der Waals surface area contributed by atoms with Crippen LogP contribution in [-0.4, -0.2) is 4.57 Å². The lowest BCUT2D eigenvalue weighted by molar-refractivity contribution is 0.527. The van der Waals surface area contributed by atoms with Crippen molar-refractivity contribution in [3.63, 3.8) is 0 Å². The van der Waals surface area contributed by atoms with Crippen molar-refractivity contribution < 1.29 is 8.81 Å². The van der Waals surface area contributed by atoms with E-state index in [1.54, 1.807) is 50.4 Å². The summed E-state index contributed by atoms with van der Waals surface area (Å²) in [4.78, 5) is 11.5. The molecule has 0 fully saturated rings. The molecule has 0 amide bonds. The molecule has 0 radical (unpaired) electrons. The summed E-state index contributed by atoms with van der Waals surface area (Å²) in [5.41, 5.74) is 8.95. The van der Waals surface area contributed by atoms with E-state index >= 15 is 0 Å². The van der Waals surface area contributed by atoms with E-state index in [-0.39, 0.29) is 5.82 Å². The monoisotopic (exact) mass is 286 g/mol. The Morgan fingerprint density at radius 2 is 2.05 bits per heavy atom. The van der Waals surface area contributed by atoms with Crippen LogP contribution in [0.15, 0.2) is 45.6 Å². The molecule has 108 valence electrons. The van der Waals surface area contributed by atoms with E-state index in [1.807, 2.05) is 0 Å². The Bertz CT molecular complexity index is 880. The highest BCUT2D eigenvalue weighted by atomic mass is 19.1. The van der Waals surface area contributed by atoms with E-state index in [4.69, 9.17) is 10.2 Å². The lowest BCUT2D eigenvalue weighted by atomic mass is 9.97. The molecule has 0 bridgehead atoms. The second-order valence-electron chi connectivity index (χ2n) is 5.11. The van der Waals surface area contributed by atoms with Crippen molar-refractivity contribution in [2.24, 2.45) is 12.8 Å². The first-order valence-corrected chi connectivity index (χ1v) is 6.59. The molecule has 0 spiro atoms. The fraction of sp³-hybridized carbons (Fsp3) is 0.188. The summed E-state index contributed by atoms with van der Waals surface area (Å²) in [5.74, 6) is -0.739. The molecule has 0 aliphatic heterocycles. The van der Waals surface area contributed by atoms with Gasteiger partial charge in [0.05, 0.1) is 11.6 Å². The van der Waals surface area contributed by atoms with Gasteiger partial charge in [-0.2, -0.15) is 0 Å². The number of oxazole rings is 1. The van der Waals surface area contributed by atoms with Crippen LogP contribution < -0.4 is 11.5 Å². The second-order valence-corrected chi connectivity index (χ2v) is 5.11. The van der Waals surface area contributed by atoms with Crippen LogP contribution in [0.25, 0.3) is 11.1 Å². The van der Waals surface area contributed by atoms with Crippen molar-refractivity contribution >= 4 is 11.1 Å². The van der Waals surface area contributed by atoms with Crippen molar-refractivity contribution in [1.82, 2.24) is 4.57 Å². The number of rotatable bonds is 2. The van der Waals surface area contributed by atoms with Gasteiger partial charge in [0.15, 0.2) is 5.58 Å². The number of fused-ring (bicyclic) bond motifs is 1. The van der Waals surface area contributed by atoms with Crippen molar-refractivity contribution in [2.45, 2.75) is 13.0 Å². The van der Waals surface area contributed by atoms with Gasteiger partial charge < -0.3 is 10.2 Å². The third-order valence-corrected chi connectivity index (χ3v) is 3.73. The van der Waals surface area contributed by atoms with Gasteiger partial charge in [0, 0.05) is 12.6 Å². The molecule has 21 heavy (non-hydrogen) atoms. The van der Waals surface area contributed by atoms with Crippen molar-refractivity contribution in [3.8, 4) is 0 Å². The minimum absolute atomic E-state index is 0.306. The zero-order chi connectivity index (χ0) is 15.1. The fourth-order valence-corrected chi connectivity index (χ4v) is 2.43. The maximum absolute atomic E-state index is 14.2. The molecule has 0 aliphatic rings. The molecule has 1 aromatic heterocycles. The summed E-state index contributed by atoms with van der Waals surface area (Å²) in [6.45, 7) is 1.70. The SMILES string of the molecule is Cc1cccc(C(N)c2ccc3c(c2)oc(=O)n3C)c1F. The molecule has 2 N–H and O–H groups in total. The molecule has 3 aromatic rings. The van der Waals surface area contributed by atoms with E-state index in [0.29, 0.717) is 27.8 Å². The Balaban J connectivity index is 2.11. The fourth-order valence-electron chi connectivity index (χ4n) is 2.43. The van der Waals surface area contributed by atoms with Crippen LogP contribution >= 0.6 is 0 Å². The van der Waals surface area contributed by atoms with Gasteiger partial charge in [-0.15, -0.1) is 0 Å². The minimum Gasteiger partial charge on any atom is -0.408 e. The van der Waals surface area contributed by atoms with Crippen LogP contribution in [0.2, 0.25) is 0 Å². The predicted octanol–water partition coefficient (Wildman–Crippen LogP) is 2.63. The Morgan fingerprint density at radius 3 is 2.81 bits per heavy atom. The van der Waals surface area contributed by atoms with Crippen molar-refractivity contribution in [3.05, 3.63) is 69.5 Å². The van der Waals surface area contributed by atoms with E-state index in [0.717, 1.165) is 0 Å². The topological polar surface area (TPSA) is 61.2 Å². The zero-order valence-corrected chi connectivity index (χ0v) is 11.8. The third-order valence-electron chi connectivity index (χ3n) is 3.73. The zero-order valence-electron chi connectivity index (χ0n) is 11.8. The quantitative estimate of drug-likeness (QED) is 0.787. The predicted molar refractivity (Wildman–Crippen MR) is 78.6 cm³/mol. The summed E-state index contributed by atoms with van der Waals surface area (Å²) in [6.07, 6.45) is 0. The van der Waals surface area contributed by atoms with Crippen LogP contribution in [0.3, 0.4) is 0 Å². The molecule has 2 aromatic carbocycles. The number of hydrogen-bond acceptors (Lipinski definition) is 3. The lowest BCUT2D eigenvalue weighted by Crippen LogP contribution is -2.14. The van der Waals surface area contributed by atoms with Gasteiger partial charge in [0.25, 0.3) is 0 Å². The van der Waals surface area contributed by atoms with Crippen LogP contribution in [0, 0.1) is 12.7 Å². The average Bonchev–Trinajstić information content (AvgIpc) is 2.76. The van der Waals surface area contributed by atoms with Gasteiger partial charge in [-0.05, 0) is 30.2 Å². The Morgan fingerprint density at radius 1 is 1.29 bits per heavy atom. The number of aryl methyl sites for hydroxylation is 2. The number of aromatic nitrogens is 1. The molecule has 0 aliphatic carbocycles. The first-order chi connectivity index (χ1) is 9.99. The van der Waals surface area contributed by atoms with E-state index < -0.39 is 11.8 Å². The molecule has 1 unspecified atom stereocenters. The molecular formula is C16H15FN2O2. The number of nitrogens with two attached hydrogens (primary N) is 1. The number of nitrogens with zero attached hydrogens (tertiary/aromatic N) is 1. The van der Waals surface area contributed by atoms with Crippen molar-refractivity contribution in [2.75, 3.05) is 0 Å². The Hall–Kier alpha value is -2.40. The highest BCUT2D eigenvalue weighted by Crippen LogP contribution is 2.26. The molecule has 0 saturated heterocycles. The molecule has 5 heteroatoms. The number of benzene rings is 2. The summed E-state index contributed by atoms with van der Waals surface area (Å²) in [5, 5.41) is 0. The van der Waals surface area contributed by atoms with E-state index in [2.05, 4.69) is 0 Å². The standard InChI is InChI=1S/C16H15FN2O2/c1-9-4-3-5-11(14(9)17)15(18)10-6-7-12-13(8-10)21-16(20)19(12)2/h3-8,15H,18H2,1-2H3. The van der Waals surface area contributed by atoms with Gasteiger partial charge in [-0.25, -0.2) is 9.18 Å². The normalized spacial score (nSPS) is 12.8. The average molecular weight is 286 g/mol. The smallest absolute Gasteiger partial charge is 0.408 e. The number of halogens is 1. The highest BCUT2D eigenvalue weighted by Gasteiger charge is 2.16. The van der Waals surface area contributed by atoms with Crippen LogP contribution in [-0.2, 0) is 7.05 Å². The Kier molecular flexibility index (Phi) is 3.14. The maximum atomic E-state index is 14.2. The molecule has 1 heterocycles. The van der Waals surface area contributed by atoms with Gasteiger partial charge >= 0.3 is 5.76 Å². The summed E-state index contributed by atoms with van der Waals surface area (Å²) >= 11 is 0. The molecule has 0 saturated carbocycles. The number of hydrogen-bond donors (Lipinski definition) is 1. The van der Waals surface area contributed by atoms with E-state index in [1.165, 1.54) is 4.57 Å². The Labute approximate surface area is 120 Å². The maximum Gasteiger partial charge on any atom is 0.419 e. The molecule has 4 nitrogen and oxygen atoms in total. The van der Waals surface area contributed by atoms with E-state index in [9.17, 15) is 9.18 Å². The van der Waals surface area contributed by atoms with Gasteiger partial charge in [0.1, 0.15) is 5.82 Å². The summed E-state index contributed by atoms with van der Waals surface area (Å²) < 4.78 is 20.7. The van der Waals surface area contributed by atoms with Crippen LogP contribution in [0.1, 0.15) is 22.7 Å². The van der Waals surface area contributed by atoms with Gasteiger partial charge in [0.2, 0.25) is 0 Å². The first-order valence-electron chi connectivity index (χ1n) is 6.59. The highest BCUT2D eigenvalue weighted by molar-refractivity contribution is 5.74. The molecular weight excluding hydrogens is 271 g/mol. The summed E-state index contributed by atoms with van der Waals surface area (Å²) in [6, 6.07) is 9.74. The van der Waals surface area contributed by atoms with Gasteiger partial charge in [-0.1, -0.05) is 24.3 Å². The van der Waals surface area contributed by atoms with Crippen LogP contribution in [0.5, 0.6) is 0 Å². The largest absolute Gasteiger partial charge is 0.419 e. The third kappa shape index (κ3) is 2.15. The minimum atomic E-state index is -0.611. The molecule has 3 rings (SSSR count). The molecule has 1 atom stereocenters.